The third-order valence-corrected chi connectivity index (χ3v) is 4.37. The van der Waals surface area contributed by atoms with Crippen LogP contribution in [0.25, 0.3) is 0 Å². The van der Waals surface area contributed by atoms with Crippen LogP contribution in [0, 0.1) is 0 Å². The number of aromatic nitrogens is 1. The average molecular weight is 287 g/mol. The molecule has 1 aliphatic rings. The predicted molar refractivity (Wildman–Crippen MR) is 65.5 cm³/mol. The number of hydrogen-bond acceptors (Lipinski definition) is 6. The van der Waals surface area contributed by atoms with E-state index in [4.69, 9.17) is 5.11 Å². The summed E-state index contributed by atoms with van der Waals surface area (Å²) in [6, 6.07) is 0. The van der Waals surface area contributed by atoms with Crippen LogP contribution in [0.1, 0.15) is 5.01 Å². The van der Waals surface area contributed by atoms with Gasteiger partial charge in [0.1, 0.15) is 23.0 Å². The molecule has 0 aromatic carbocycles. The lowest BCUT2D eigenvalue weighted by Gasteiger charge is -2.22. The molecule has 9 heteroatoms. The Morgan fingerprint density at radius 2 is 2.28 bits per heavy atom. The van der Waals surface area contributed by atoms with Crippen molar-refractivity contribution in [2.75, 3.05) is 13.7 Å². The van der Waals surface area contributed by atoms with Gasteiger partial charge in [0.2, 0.25) is 5.78 Å². The van der Waals surface area contributed by atoms with E-state index in [-0.39, 0.29) is 11.4 Å². The van der Waals surface area contributed by atoms with E-state index in [1.165, 1.54) is 30.7 Å². The summed E-state index contributed by atoms with van der Waals surface area (Å²) >= 11 is 1.21. The Balaban J connectivity index is 2.55. The molecule has 0 radical (unpaired) electrons. The van der Waals surface area contributed by atoms with Crippen molar-refractivity contribution in [3.8, 4) is 0 Å². The first-order valence-electron chi connectivity index (χ1n) is 4.80. The molecular weight excluding hydrogens is 278 g/mol. The van der Waals surface area contributed by atoms with Gasteiger partial charge in [-0.1, -0.05) is 0 Å². The molecule has 0 saturated heterocycles. The summed E-state index contributed by atoms with van der Waals surface area (Å²) in [5.74, 6) is -0.690. The first-order valence-corrected chi connectivity index (χ1v) is 7.08. The molecule has 1 aliphatic heterocycles. The maximum absolute atomic E-state index is 11.8. The molecule has 1 aromatic heterocycles. The SMILES string of the molecule is CN1C(C(=O)CO)=CC(c2nccs2)=NS1(=O)=O. The van der Waals surface area contributed by atoms with E-state index in [2.05, 4.69) is 9.38 Å². The lowest BCUT2D eigenvalue weighted by atomic mass is 10.2. The molecule has 0 fully saturated rings. The second-order valence-electron chi connectivity index (χ2n) is 3.37. The van der Waals surface area contributed by atoms with E-state index in [0.717, 1.165) is 4.31 Å². The van der Waals surface area contributed by atoms with Crippen LogP contribution in [-0.2, 0) is 15.0 Å². The smallest absolute Gasteiger partial charge is 0.345 e. The van der Waals surface area contributed by atoms with Crippen molar-refractivity contribution < 1.29 is 18.3 Å². The summed E-state index contributed by atoms with van der Waals surface area (Å²) in [6.45, 7) is -0.767. The van der Waals surface area contributed by atoms with Crippen LogP contribution >= 0.6 is 11.3 Å². The Morgan fingerprint density at radius 1 is 1.56 bits per heavy atom. The Bertz CT molecular complexity index is 631. The van der Waals surface area contributed by atoms with Crippen LogP contribution in [-0.4, -0.2) is 48.0 Å². The quantitative estimate of drug-likeness (QED) is 0.813. The minimum Gasteiger partial charge on any atom is -0.388 e. The lowest BCUT2D eigenvalue weighted by molar-refractivity contribution is -0.119. The molecule has 2 rings (SSSR count). The summed E-state index contributed by atoms with van der Waals surface area (Å²) in [5, 5.41) is 10.9. The number of nitrogens with zero attached hydrogens (tertiary/aromatic N) is 3. The standard InChI is InChI=1S/C9H9N3O4S2/c1-12-7(8(14)5-13)4-6(11-18(12,15)16)9-10-2-3-17-9/h2-4,13H,5H2,1H3. The first-order chi connectivity index (χ1) is 8.45. The normalized spacial score (nSPS) is 18.2. The van der Waals surface area contributed by atoms with E-state index in [9.17, 15) is 13.2 Å². The van der Waals surface area contributed by atoms with Gasteiger partial charge in [-0.2, -0.15) is 8.42 Å². The van der Waals surface area contributed by atoms with Crippen molar-refractivity contribution in [3.63, 3.8) is 0 Å². The summed E-state index contributed by atoms with van der Waals surface area (Å²) < 4.78 is 27.8. The van der Waals surface area contributed by atoms with E-state index < -0.39 is 22.6 Å². The maximum atomic E-state index is 11.8. The molecule has 7 nitrogen and oxygen atoms in total. The van der Waals surface area contributed by atoms with Gasteiger partial charge >= 0.3 is 10.2 Å². The summed E-state index contributed by atoms with van der Waals surface area (Å²) in [5.41, 5.74) is -0.0300. The highest BCUT2D eigenvalue weighted by Crippen LogP contribution is 2.20. The fourth-order valence-electron chi connectivity index (χ4n) is 1.34. The van der Waals surface area contributed by atoms with Crippen molar-refractivity contribution in [2.45, 2.75) is 0 Å². The monoisotopic (exact) mass is 287 g/mol. The van der Waals surface area contributed by atoms with Crippen LogP contribution in [0.3, 0.4) is 0 Å². The number of allylic oxidation sites excluding steroid dienone is 1. The second-order valence-corrected chi connectivity index (χ2v) is 5.89. The number of aliphatic hydroxyl groups is 1. The molecular formula is C9H9N3O4S2. The molecule has 0 atom stereocenters. The van der Waals surface area contributed by atoms with Crippen molar-refractivity contribution in [1.29, 1.82) is 0 Å². The summed E-state index contributed by atoms with van der Waals surface area (Å²) in [6.07, 6.45) is 2.81. The molecule has 2 heterocycles. The molecule has 0 saturated carbocycles. The number of Topliss-reactive ketones (excluding diaryl/α,β-unsaturated/α-hetero) is 1. The van der Waals surface area contributed by atoms with Gasteiger partial charge in [0, 0.05) is 18.6 Å². The highest BCUT2D eigenvalue weighted by Gasteiger charge is 2.29. The molecule has 0 unspecified atom stereocenters. The van der Waals surface area contributed by atoms with Gasteiger partial charge in [-0.25, -0.2) is 4.98 Å². The zero-order valence-electron chi connectivity index (χ0n) is 9.27. The number of rotatable bonds is 3. The Morgan fingerprint density at radius 3 is 2.83 bits per heavy atom. The average Bonchev–Trinajstić information content (AvgIpc) is 2.85. The molecule has 0 bridgehead atoms. The predicted octanol–water partition coefficient (Wildman–Crippen LogP) is -0.432. The maximum Gasteiger partial charge on any atom is 0.345 e. The number of ketones is 1. The molecule has 0 aliphatic carbocycles. The van der Waals surface area contributed by atoms with Crippen LogP contribution in [0.5, 0.6) is 0 Å². The number of carbonyl (C=O) groups excluding carboxylic acids is 1. The minimum atomic E-state index is -3.95. The van der Waals surface area contributed by atoms with Gasteiger partial charge in [-0.3, -0.25) is 9.10 Å². The summed E-state index contributed by atoms with van der Waals surface area (Å²) in [7, 11) is -2.75. The molecule has 1 aromatic rings. The number of likely N-dealkylation sites (N-methyl/N-ethyl adjacent to an activating group) is 1. The lowest BCUT2D eigenvalue weighted by Crippen LogP contribution is -2.34. The fourth-order valence-corrected chi connectivity index (χ4v) is 2.91. The number of carbonyl (C=O) groups is 1. The van der Waals surface area contributed by atoms with Crippen molar-refractivity contribution in [1.82, 2.24) is 9.29 Å². The van der Waals surface area contributed by atoms with Gasteiger partial charge in [0.15, 0.2) is 0 Å². The van der Waals surface area contributed by atoms with Crippen LogP contribution in [0.4, 0.5) is 0 Å². The van der Waals surface area contributed by atoms with Crippen molar-refractivity contribution in [3.05, 3.63) is 28.4 Å². The highest BCUT2D eigenvalue weighted by molar-refractivity contribution is 7.88. The zero-order valence-corrected chi connectivity index (χ0v) is 10.9. The second kappa shape index (κ2) is 4.59. The van der Waals surface area contributed by atoms with Gasteiger partial charge in [-0.15, -0.1) is 15.7 Å². The number of hydrogen-bond donors (Lipinski definition) is 1. The summed E-state index contributed by atoms with van der Waals surface area (Å²) in [4.78, 5) is 15.4. The van der Waals surface area contributed by atoms with Crippen molar-refractivity contribution >= 4 is 33.0 Å². The fraction of sp³-hybridized carbons (Fsp3) is 0.222. The van der Waals surface area contributed by atoms with Crippen LogP contribution < -0.4 is 0 Å². The Hall–Kier alpha value is -1.58. The largest absolute Gasteiger partial charge is 0.388 e. The molecule has 1 N–H and O–H groups in total. The molecule has 18 heavy (non-hydrogen) atoms. The molecule has 96 valence electrons. The van der Waals surface area contributed by atoms with Gasteiger partial charge < -0.3 is 5.11 Å². The van der Waals surface area contributed by atoms with Gasteiger partial charge in [-0.05, 0) is 6.08 Å². The van der Waals surface area contributed by atoms with Gasteiger partial charge in [0.25, 0.3) is 0 Å². The highest BCUT2D eigenvalue weighted by atomic mass is 32.2. The molecule has 0 spiro atoms. The van der Waals surface area contributed by atoms with E-state index in [1.54, 1.807) is 5.38 Å². The molecule has 0 amide bonds. The van der Waals surface area contributed by atoms with Crippen molar-refractivity contribution in [2.24, 2.45) is 4.40 Å². The number of aliphatic hydroxyl groups excluding tert-OH is 1. The van der Waals surface area contributed by atoms with Gasteiger partial charge in [0.05, 0.1) is 0 Å². The van der Waals surface area contributed by atoms with Crippen LogP contribution in [0.2, 0.25) is 0 Å². The Labute approximate surface area is 107 Å². The minimum absolute atomic E-state index is 0.0971. The van der Waals surface area contributed by atoms with Crippen LogP contribution in [0.15, 0.2) is 27.7 Å². The Kier molecular flexibility index (Phi) is 3.28. The number of thiazole rings is 1. The van der Waals surface area contributed by atoms with E-state index >= 15 is 0 Å². The third-order valence-electron chi connectivity index (χ3n) is 2.25. The topological polar surface area (TPSA) is 99.9 Å². The zero-order chi connectivity index (χ0) is 13.3. The third kappa shape index (κ3) is 2.19. The van der Waals surface area contributed by atoms with E-state index in [1.807, 2.05) is 0 Å². The first kappa shape index (κ1) is 12.9. The van der Waals surface area contributed by atoms with E-state index in [0.29, 0.717) is 5.01 Å².